The van der Waals surface area contributed by atoms with Gasteiger partial charge >= 0.3 is 0 Å². The molecule has 1 amide bonds. The number of nitrogens with two attached hydrogens (primary N) is 3. The number of amides is 1. The van der Waals surface area contributed by atoms with Crippen LogP contribution in [0.5, 0.6) is 0 Å². The van der Waals surface area contributed by atoms with Crippen LogP contribution in [0.25, 0.3) is 10.8 Å². The third kappa shape index (κ3) is 6.77. The number of guanidine groups is 1. The fourth-order valence-electron chi connectivity index (χ4n) is 3.37. The minimum Gasteiger partial charge on any atom is -0.382 e. The molecule has 0 aliphatic heterocycles. The summed E-state index contributed by atoms with van der Waals surface area (Å²) in [5.41, 5.74) is 15.6. The molecule has 0 saturated carbocycles. The van der Waals surface area contributed by atoms with Crippen LogP contribution < -0.4 is 32.8 Å². The first kappa shape index (κ1) is 25.6. The van der Waals surface area contributed by atoms with E-state index in [9.17, 15) is 18.0 Å². The van der Waals surface area contributed by atoms with Crippen molar-refractivity contribution in [2.75, 3.05) is 24.6 Å². The molecule has 3 aromatic rings. The van der Waals surface area contributed by atoms with Gasteiger partial charge in [-0.25, -0.2) is 18.1 Å². The molecule has 1 aromatic heterocycles. The molecule has 1 heterocycles. The van der Waals surface area contributed by atoms with Crippen molar-refractivity contribution >= 4 is 44.3 Å². The van der Waals surface area contributed by atoms with Crippen LogP contribution in [-0.4, -0.2) is 43.3 Å². The number of fused-ring (bicyclic) bond motifs is 1. The largest absolute Gasteiger partial charge is 0.382 e. The summed E-state index contributed by atoms with van der Waals surface area (Å²) < 4.78 is 28.0. The summed E-state index contributed by atoms with van der Waals surface area (Å²) in [4.78, 5) is 33.8. The Morgan fingerprint density at radius 2 is 1.71 bits per heavy atom. The molecule has 0 aliphatic rings. The van der Waals surface area contributed by atoms with Gasteiger partial charge in [0.05, 0.1) is 4.90 Å². The van der Waals surface area contributed by atoms with Gasteiger partial charge in [0, 0.05) is 18.5 Å². The highest BCUT2D eigenvalue weighted by atomic mass is 32.2. The summed E-state index contributed by atoms with van der Waals surface area (Å²) in [6.45, 7) is 0.683. The number of carbonyl (C=O) groups is 1. The molecule has 12 nitrogen and oxygen atoms in total. The van der Waals surface area contributed by atoms with Crippen molar-refractivity contribution < 1.29 is 13.2 Å². The maximum atomic E-state index is 12.7. The molecule has 186 valence electrons. The van der Waals surface area contributed by atoms with Gasteiger partial charge in [-0.2, -0.15) is 0 Å². The minimum atomic E-state index is -3.61. The van der Waals surface area contributed by atoms with Gasteiger partial charge in [-0.15, -0.1) is 0 Å². The number of rotatable bonds is 10. The second-order valence-electron chi connectivity index (χ2n) is 7.72. The maximum absolute atomic E-state index is 12.7. The molecule has 3 rings (SSSR count). The molecule has 0 bridgehead atoms. The Morgan fingerprint density at radius 3 is 2.51 bits per heavy atom. The lowest BCUT2D eigenvalue weighted by Crippen LogP contribution is -2.38. The number of nitrogens with zero attached hydrogens (tertiary/aromatic N) is 2. The molecule has 0 atom stereocenters. The van der Waals surface area contributed by atoms with E-state index in [-0.39, 0.29) is 28.2 Å². The number of carbonyl (C=O) groups excluding carboxylic acids is 1. The molecular weight excluding hydrogens is 472 g/mol. The highest BCUT2D eigenvalue weighted by Crippen LogP contribution is 2.22. The number of hydrogen-bond donors (Lipinski definition) is 6. The van der Waals surface area contributed by atoms with Gasteiger partial charge in [-0.1, -0.05) is 49.2 Å². The van der Waals surface area contributed by atoms with Crippen LogP contribution in [0.2, 0.25) is 0 Å². The highest BCUT2D eigenvalue weighted by Gasteiger charge is 2.16. The van der Waals surface area contributed by atoms with E-state index >= 15 is 0 Å². The highest BCUT2D eigenvalue weighted by molar-refractivity contribution is 7.89. The number of nitrogen functional groups attached to an aromatic ring is 2. The van der Waals surface area contributed by atoms with Crippen molar-refractivity contribution in [3.8, 4) is 0 Å². The molecular formula is C22H28N8O4S. The number of aliphatic imine (C=N–C) groups is 1. The van der Waals surface area contributed by atoms with E-state index in [4.69, 9.17) is 17.2 Å². The lowest BCUT2D eigenvalue weighted by Gasteiger charge is -2.09. The number of aromatic amines is 1. The zero-order valence-electron chi connectivity index (χ0n) is 19.0. The van der Waals surface area contributed by atoms with Gasteiger partial charge in [0.25, 0.3) is 11.5 Å². The van der Waals surface area contributed by atoms with Crippen LogP contribution in [0.1, 0.15) is 36.2 Å². The first-order valence-electron chi connectivity index (χ1n) is 10.9. The second kappa shape index (κ2) is 11.4. The normalized spacial score (nSPS) is 12.1. The summed E-state index contributed by atoms with van der Waals surface area (Å²) in [5.74, 6) is -1.47. The van der Waals surface area contributed by atoms with Crippen molar-refractivity contribution in [2.45, 2.75) is 30.6 Å². The number of unbranched alkanes of at least 4 members (excludes halogenated alkanes) is 3. The molecule has 0 saturated heterocycles. The predicted molar refractivity (Wildman–Crippen MR) is 135 cm³/mol. The lowest BCUT2D eigenvalue weighted by molar-refractivity contribution is 0.0972. The first-order chi connectivity index (χ1) is 16.7. The van der Waals surface area contributed by atoms with Crippen molar-refractivity contribution in [1.29, 1.82) is 0 Å². The van der Waals surface area contributed by atoms with E-state index < -0.39 is 21.5 Å². The zero-order chi connectivity index (χ0) is 25.4. The Morgan fingerprint density at radius 1 is 1.00 bits per heavy atom. The fraction of sp³-hybridized carbons (Fsp3) is 0.273. The molecule has 35 heavy (non-hydrogen) atoms. The quantitative estimate of drug-likeness (QED) is 0.132. The van der Waals surface area contributed by atoms with Gasteiger partial charge in [-0.05, 0) is 24.3 Å². The Labute approximate surface area is 202 Å². The van der Waals surface area contributed by atoms with Gasteiger partial charge in [0.15, 0.2) is 23.3 Å². The van der Waals surface area contributed by atoms with Gasteiger partial charge in [0.1, 0.15) is 0 Å². The average Bonchev–Trinajstić information content (AvgIpc) is 2.82. The minimum absolute atomic E-state index is 0.130. The third-order valence-electron chi connectivity index (χ3n) is 5.14. The molecule has 0 spiro atoms. The molecule has 0 radical (unpaired) electrons. The van der Waals surface area contributed by atoms with E-state index in [0.29, 0.717) is 31.3 Å². The molecule has 0 unspecified atom stereocenters. The first-order valence-corrected chi connectivity index (χ1v) is 12.4. The number of anilines is 2. The fourth-order valence-corrected chi connectivity index (χ4v) is 4.68. The molecule has 0 fully saturated rings. The average molecular weight is 501 g/mol. The van der Waals surface area contributed by atoms with Crippen LogP contribution >= 0.6 is 0 Å². The summed E-state index contributed by atoms with van der Waals surface area (Å²) in [6, 6.07) is 12.6. The number of benzene rings is 2. The summed E-state index contributed by atoms with van der Waals surface area (Å²) in [7, 11) is -3.61. The molecule has 13 heteroatoms. The van der Waals surface area contributed by atoms with Gasteiger partial charge in [-0.3, -0.25) is 19.9 Å². The third-order valence-corrected chi connectivity index (χ3v) is 6.65. The van der Waals surface area contributed by atoms with Crippen LogP contribution in [0, 0.1) is 0 Å². The van der Waals surface area contributed by atoms with Crippen LogP contribution in [0.4, 0.5) is 11.6 Å². The van der Waals surface area contributed by atoms with Gasteiger partial charge < -0.3 is 22.2 Å². The lowest BCUT2D eigenvalue weighted by atomic mass is 10.1. The summed E-state index contributed by atoms with van der Waals surface area (Å²) in [5, 5.41) is 3.88. The Kier molecular flexibility index (Phi) is 8.39. The predicted octanol–water partition coefficient (Wildman–Crippen LogP) is 0.671. The van der Waals surface area contributed by atoms with E-state index in [1.54, 1.807) is 18.2 Å². The van der Waals surface area contributed by atoms with Crippen molar-refractivity contribution in [3.05, 3.63) is 58.5 Å². The van der Waals surface area contributed by atoms with E-state index in [0.717, 1.165) is 18.2 Å². The number of nitrogens with one attached hydrogen (secondary N) is 3. The molecule has 2 aromatic carbocycles. The van der Waals surface area contributed by atoms with Crippen molar-refractivity contribution in [1.82, 2.24) is 20.0 Å². The smallest absolute Gasteiger partial charge is 0.291 e. The Hall–Kier alpha value is -3.97. The van der Waals surface area contributed by atoms with Crippen molar-refractivity contribution in [3.63, 3.8) is 0 Å². The van der Waals surface area contributed by atoms with Crippen molar-refractivity contribution in [2.24, 2.45) is 10.7 Å². The Balaban J connectivity index is 1.38. The van der Waals surface area contributed by atoms with E-state index in [2.05, 4.69) is 25.0 Å². The standard InChI is InChI=1S/C22H28N8O4S/c23-18-17(28-21(32)19(24)29-18)20(31)30-22(25)26-12-5-1-2-6-13-27-35(33,34)16-11-7-9-14-8-3-4-10-15(14)16/h3-4,7-11,27H,1-2,5-6,12-13H2,(H,28,32)(H4,23,24,29)(H3,25,26,30,31). The maximum Gasteiger partial charge on any atom is 0.291 e. The number of H-pyrrole nitrogens is 1. The zero-order valence-corrected chi connectivity index (χ0v) is 19.8. The van der Waals surface area contributed by atoms with Crippen LogP contribution in [0.15, 0.2) is 57.1 Å². The van der Waals surface area contributed by atoms with E-state index in [1.165, 1.54) is 0 Å². The monoisotopic (exact) mass is 500 g/mol. The number of sulfonamides is 1. The van der Waals surface area contributed by atoms with E-state index in [1.807, 2.05) is 24.3 Å². The SMILES string of the molecule is NC(=NCCCCCCNS(=O)(=O)c1cccc2ccccc12)NC(=O)c1[nH]c(=O)c(N)nc1N. The molecule has 0 aliphatic carbocycles. The second-order valence-corrected chi connectivity index (χ2v) is 9.46. The van der Waals surface area contributed by atoms with Crippen LogP contribution in [0.3, 0.4) is 0 Å². The van der Waals surface area contributed by atoms with Gasteiger partial charge in [0.2, 0.25) is 10.0 Å². The summed E-state index contributed by atoms with van der Waals surface area (Å²) in [6.07, 6.45) is 2.93. The molecule has 9 N–H and O–H groups in total. The Bertz CT molecular complexity index is 1400. The topological polar surface area (TPSA) is 211 Å². The number of hydrogen-bond acceptors (Lipinski definition) is 8. The van der Waals surface area contributed by atoms with Crippen LogP contribution in [-0.2, 0) is 10.0 Å². The number of aromatic nitrogens is 2. The summed E-state index contributed by atoms with van der Waals surface area (Å²) >= 11 is 0.